The molecule has 0 radical (unpaired) electrons. The van der Waals surface area contributed by atoms with Crippen LogP contribution in [-0.4, -0.2) is 27.9 Å². The van der Waals surface area contributed by atoms with Gasteiger partial charge in [0.25, 0.3) is 0 Å². The molecule has 4 aromatic rings. The van der Waals surface area contributed by atoms with Gasteiger partial charge in [-0.3, -0.25) is 9.35 Å². The average molecular weight is 535 g/mol. The summed E-state index contributed by atoms with van der Waals surface area (Å²) in [5.41, 5.74) is 6.00. The van der Waals surface area contributed by atoms with Crippen LogP contribution in [0.5, 0.6) is 0 Å². The topological polar surface area (TPSA) is 31.2 Å². The van der Waals surface area contributed by atoms with Crippen LogP contribution in [0, 0.1) is 0 Å². The second-order valence-electron chi connectivity index (χ2n) is 11.3. The monoisotopic (exact) mass is 534 g/mol. The molecule has 0 amide bonds. The molecule has 194 valence electrons. The van der Waals surface area contributed by atoms with Crippen LogP contribution < -0.4 is 9.35 Å². The highest BCUT2D eigenvalue weighted by Crippen LogP contribution is 2.26. The smallest absolute Gasteiger partial charge is 0.176 e. The van der Waals surface area contributed by atoms with Crippen molar-refractivity contribution in [2.75, 3.05) is 9.35 Å². The third-order valence-electron chi connectivity index (χ3n) is 5.99. The lowest BCUT2D eigenvalue weighted by molar-refractivity contribution is 1.11. The zero-order valence-corrected chi connectivity index (χ0v) is 25.3. The first-order valence-corrected chi connectivity index (χ1v) is 20.0. The molecular weight excluding hydrogens is 497 g/mol. The van der Waals surface area contributed by atoms with E-state index in [1.165, 1.54) is 0 Å². The first kappa shape index (κ1) is 27.3. The van der Waals surface area contributed by atoms with Crippen molar-refractivity contribution in [3.63, 3.8) is 0 Å². The van der Waals surface area contributed by atoms with Gasteiger partial charge in [0.1, 0.15) is 11.4 Å². The van der Waals surface area contributed by atoms with E-state index < -0.39 is 16.5 Å². The van der Waals surface area contributed by atoms with Crippen molar-refractivity contribution in [1.29, 1.82) is 0 Å². The van der Waals surface area contributed by atoms with E-state index in [1.54, 1.807) is 0 Å². The minimum atomic E-state index is -1.92. The fourth-order valence-electron chi connectivity index (χ4n) is 4.20. The Labute approximate surface area is 230 Å². The summed E-state index contributed by atoms with van der Waals surface area (Å²) in [4.78, 5) is 0. The van der Waals surface area contributed by atoms with Crippen LogP contribution in [0.1, 0.15) is 11.1 Å². The van der Waals surface area contributed by atoms with E-state index in [2.05, 4.69) is 158 Å². The van der Waals surface area contributed by atoms with E-state index in [4.69, 9.17) is 10.2 Å². The molecule has 0 aliphatic carbocycles. The van der Waals surface area contributed by atoms with Crippen molar-refractivity contribution < 1.29 is 0 Å². The zero-order valence-electron chi connectivity index (χ0n) is 23.3. The molecule has 0 bridgehead atoms. The molecule has 6 heteroatoms. The largest absolute Gasteiger partial charge is 0.295 e. The number of anilines is 2. The lowest BCUT2D eigenvalue weighted by atomic mass is 10.00. The Morgan fingerprint density at radius 1 is 0.421 bits per heavy atom. The molecule has 0 saturated heterocycles. The maximum absolute atomic E-state index is 5.46. The number of hydrazone groups is 2. The summed E-state index contributed by atoms with van der Waals surface area (Å²) in [6.45, 7) is 13.9. The third kappa shape index (κ3) is 6.76. The van der Waals surface area contributed by atoms with E-state index in [0.717, 1.165) is 33.9 Å². The van der Waals surface area contributed by atoms with E-state index in [1.807, 2.05) is 12.1 Å². The van der Waals surface area contributed by atoms with Gasteiger partial charge in [0.15, 0.2) is 16.5 Å². The van der Waals surface area contributed by atoms with E-state index in [-0.39, 0.29) is 0 Å². The lowest BCUT2D eigenvalue weighted by Crippen LogP contribution is -2.45. The zero-order chi connectivity index (χ0) is 27.2. The van der Waals surface area contributed by atoms with Gasteiger partial charge in [-0.25, -0.2) is 0 Å². The van der Waals surface area contributed by atoms with Crippen molar-refractivity contribution in [2.24, 2.45) is 10.2 Å². The molecule has 0 N–H and O–H groups in total. The van der Waals surface area contributed by atoms with Crippen LogP contribution in [0.25, 0.3) is 0 Å². The first-order valence-electron chi connectivity index (χ1n) is 13.1. The predicted octanol–water partition coefficient (Wildman–Crippen LogP) is 8.48. The summed E-state index contributed by atoms with van der Waals surface area (Å²) >= 11 is 0. The van der Waals surface area contributed by atoms with Gasteiger partial charge in [0, 0.05) is 22.5 Å². The Balaban J connectivity index is 2.03. The minimum absolute atomic E-state index is 0.863. The summed E-state index contributed by atoms with van der Waals surface area (Å²) in [6, 6.07) is 41.9. The molecule has 4 aromatic carbocycles. The highest BCUT2D eigenvalue weighted by Gasteiger charge is 2.29. The summed E-state index contributed by atoms with van der Waals surface area (Å²) in [5, 5.41) is 10.9. The molecular formula is C32H38N4Si2. The molecule has 0 aliphatic heterocycles. The SMILES string of the molecule is C[Si](C)(C)N(N=C(C(=NN(c1ccccc1)[Si](C)(C)C)c1ccccc1)c1ccccc1)c1ccccc1. The van der Waals surface area contributed by atoms with Gasteiger partial charge >= 0.3 is 0 Å². The summed E-state index contributed by atoms with van der Waals surface area (Å²) in [7, 11) is -3.85. The van der Waals surface area contributed by atoms with E-state index in [0.29, 0.717) is 0 Å². The van der Waals surface area contributed by atoms with Gasteiger partial charge in [0.2, 0.25) is 0 Å². The van der Waals surface area contributed by atoms with Crippen molar-refractivity contribution in [1.82, 2.24) is 0 Å². The van der Waals surface area contributed by atoms with Gasteiger partial charge in [0.05, 0.1) is 0 Å². The number of rotatable bonds is 9. The number of hydrogen-bond donors (Lipinski definition) is 0. The van der Waals surface area contributed by atoms with Crippen molar-refractivity contribution in [2.45, 2.75) is 39.3 Å². The van der Waals surface area contributed by atoms with Gasteiger partial charge in [-0.15, -0.1) is 0 Å². The molecule has 0 aromatic heterocycles. The fraction of sp³-hybridized carbons (Fsp3) is 0.188. The molecule has 0 unspecified atom stereocenters. The number of benzene rings is 4. The molecule has 4 rings (SSSR count). The molecule has 0 heterocycles. The standard InChI is InChI=1S/C32H38N4Si2/c1-37(2,3)35(29-23-15-9-16-24-29)33-31(27-19-11-7-12-20-27)32(28-21-13-8-14-22-28)34-36(38(4,5)6)30-25-17-10-18-26-30/h7-26H,1-6H3. The van der Waals surface area contributed by atoms with E-state index in [9.17, 15) is 0 Å². The number of hydrogen-bond acceptors (Lipinski definition) is 4. The van der Waals surface area contributed by atoms with Gasteiger partial charge < -0.3 is 0 Å². The molecule has 0 spiro atoms. The van der Waals surface area contributed by atoms with Crippen LogP contribution in [-0.2, 0) is 0 Å². The average Bonchev–Trinajstić information content (AvgIpc) is 2.91. The highest BCUT2D eigenvalue weighted by atomic mass is 28.3. The van der Waals surface area contributed by atoms with Crippen molar-refractivity contribution in [3.05, 3.63) is 132 Å². The second kappa shape index (κ2) is 11.8. The third-order valence-corrected chi connectivity index (χ3v) is 9.25. The summed E-state index contributed by atoms with van der Waals surface area (Å²) in [5.74, 6) is 0. The number of nitrogens with zero attached hydrogens (tertiary/aromatic N) is 4. The summed E-state index contributed by atoms with van der Waals surface area (Å²) < 4.78 is 4.49. The lowest BCUT2D eigenvalue weighted by Gasteiger charge is -2.34. The molecule has 38 heavy (non-hydrogen) atoms. The quantitative estimate of drug-likeness (QED) is 0.122. The minimum Gasteiger partial charge on any atom is -0.295 e. The van der Waals surface area contributed by atoms with Gasteiger partial charge in [-0.2, -0.15) is 10.2 Å². The highest BCUT2D eigenvalue weighted by molar-refractivity contribution is 6.80. The van der Waals surface area contributed by atoms with Crippen LogP contribution >= 0.6 is 0 Å². The Morgan fingerprint density at radius 3 is 0.947 bits per heavy atom. The van der Waals surface area contributed by atoms with Crippen molar-refractivity contribution in [3.8, 4) is 0 Å². The van der Waals surface area contributed by atoms with Gasteiger partial charge in [-0.05, 0) is 63.5 Å². The van der Waals surface area contributed by atoms with Crippen LogP contribution in [0.3, 0.4) is 0 Å². The molecule has 0 atom stereocenters. The number of para-hydroxylation sites is 2. The Morgan fingerprint density at radius 2 is 0.684 bits per heavy atom. The van der Waals surface area contributed by atoms with Crippen LogP contribution in [0.4, 0.5) is 11.4 Å². The Hall–Kier alpha value is -3.75. The molecule has 0 fully saturated rings. The Kier molecular flexibility index (Phi) is 8.44. The second-order valence-corrected chi connectivity index (χ2v) is 20.8. The van der Waals surface area contributed by atoms with Crippen LogP contribution in [0.15, 0.2) is 132 Å². The predicted molar refractivity (Wildman–Crippen MR) is 170 cm³/mol. The van der Waals surface area contributed by atoms with E-state index >= 15 is 0 Å². The van der Waals surface area contributed by atoms with Gasteiger partial charge in [-0.1, -0.05) is 97.1 Å². The maximum Gasteiger partial charge on any atom is 0.176 e. The maximum atomic E-state index is 5.46. The van der Waals surface area contributed by atoms with Crippen molar-refractivity contribution >= 4 is 39.3 Å². The summed E-state index contributed by atoms with van der Waals surface area (Å²) in [6.07, 6.45) is 0. The molecule has 4 nitrogen and oxygen atoms in total. The molecule has 0 saturated carbocycles. The molecule has 0 aliphatic rings. The Bertz CT molecular complexity index is 1250. The normalized spacial score (nSPS) is 12.8. The first-order chi connectivity index (χ1) is 18.1. The fourth-order valence-corrected chi connectivity index (χ4v) is 6.85. The van der Waals surface area contributed by atoms with Crippen LogP contribution in [0.2, 0.25) is 39.3 Å².